The van der Waals surface area contributed by atoms with Gasteiger partial charge in [0.2, 0.25) is 0 Å². The Morgan fingerprint density at radius 3 is 2.67 bits per heavy atom. The molecule has 1 unspecified atom stereocenters. The Labute approximate surface area is 72.6 Å². The quantitative estimate of drug-likeness (QED) is 0.668. The third-order valence-corrected chi connectivity index (χ3v) is 1.48. The summed E-state index contributed by atoms with van der Waals surface area (Å²) in [5.41, 5.74) is 4.14. The van der Waals surface area contributed by atoms with E-state index in [0.717, 1.165) is 5.69 Å². The lowest BCUT2D eigenvalue weighted by Crippen LogP contribution is -2.33. The van der Waals surface area contributed by atoms with E-state index < -0.39 is 0 Å². The maximum atomic E-state index is 4.18. The van der Waals surface area contributed by atoms with Gasteiger partial charge in [0.15, 0.2) is 0 Å². The highest BCUT2D eigenvalue weighted by molar-refractivity contribution is 4.99. The molecular weight excluding hydrogens is 152 g/mol. The van der Waals surface area contributed by atoms with E-state index in [1.807, 2.05) is 26.0 Å². The van der Waals surface area contributed by atoms with Crippen molar-refractivity contribution >= 4 is 0 Å². The molecule has 0 bridgehead atoms. The van der Waals surface area contributed by atoms with Crippen LogP contribution in [-0.4, -0.2) is 29.1 Å². The molecule has 0 aliphatic carbocycles. The predicted molar refractivity (Wildman–Crippen MR) is 47.3 cm³/mol. The normalized spacial score (nSPS) is 13.3. The highest BCUT2D eigenvalue weighted by Gasteiger charge is 2.05. The fraction of sp³-hybridized carbons (Fsp3) is 0.500. The van der Waals surface area contributed by atoms with Crippen LogP contribution in [0, 0.1) is 0 Å². The Hall–Kier alpha value is -1.00. The Kier molecular flexibility index (Phi) is 3.13. The Morgan fingerprint density at radius 2 is 2.17 bits per heavy atom. The molecule has 0 saturated heterocycles. The minimum atomic E-state index is 0.203. The fourth-order valence-corrected chi connectivity index (χ4v) is 0.988. The highest BCUT2D eigenvalue weighted by Crippen LogP contribution is 2.05. The average molecular weight is 166 g/mol. The summed E-state index contributed by atoms with van der Waals surface area (Å²) in [4.78, 5) is 8.17. The number of hydrogen-bond donors (Lipinski definition) is 1. The average Bonchev–Trinajstić information content (AvgIpc) is 2.05. The van der Waals surface area contributed by atoms with Gasteiger partial charge in [0, 0.05) is 26.5 Å². The van der Waals surface area contributed by atoms with E-state index in [1.54, 1.807) is 18.6 Å². The molecule has 0 aliphatic heterocycles. The van der Waals surface area contributed by atoms with Gasteiger partial charge in [-0.3, -0.25) is 9.97 Å². The molecule has 1 N–H and O–H groups in total. The van der Waals surface area contributed by atoms with Gasteiger partial charge in [0.1, 0.15) is 0 Å². The van der Waals surface area contributed by atoms with Gasteiger partial charge in [-0.15, -0.1) is 0 Å². The molecule has 1 aromatic heterocycles. The molecule has 0 aliphatic rings. The van der Waals surface area contributed by atoms with Crippen LogP contribution in [0.15, 0.2) is 18.6 Å². The summed E-state index contributed by atoms with van der Waals surface area (Å²) in [5, 5.41) is 1.90. The zero-order chi connectivity index (χ0) is 8.97. The highest BCUT2D eigenvalue weighted by atomic mass is 15.5. The summed E-state index contributed by atoms with van der Waals surface area (Å²) in [7, 11) is 3.90. The van der Waals surface area contributed by atoms with Crippen molar-refractivity contribution in [2.24, 2.45) is 0 Å². The van der Waals surface area contributed by atoms with E-state index in [2.05, 4.69) is 15.4 Å². The van der Waals surface area contributed by atoms with E-state index in [0.29, 0.717) is 0 Å². The number of aromatic nitrogens is 2. The number of nitrogens with zero attached hydrogens (tertiary/aromatic N) is 3. The Bertz CT molecular complexity index is 222. The first-order valence-corrected chi connectivity index (χ1v) is 3.89. The molecule has 1 rings (SSSR count). The fourth-order valence-electron chi connectivity index (χ4n) is 0.988. The molecule has 4 nitrogen and oxygen atoms in total. The smallest absolute Gasteiger partial charge is 0.0766 e. The second kappa shape index (κ2) is 4.13. The lowest BCUT2D eigenvalue weighted by molar-refractivity contribution is 0.249. The minimum Gasteiger partial charge on any atom is -0.261 e. The third kappa shape index (κ3) is 2.56. The monoisotopic (exact) mass is 166 g/mol. The number of hydrazine groups is 1. The summed E-state index contributed by atoms with van der Waals surface area (Å²) in [6.45, 7) is 2.05. The van der Waals surface area contributed by atoms with Crippen molar-refractivity contribution in [1.82, 2.24) is 20.4 Å². The van der Waals surface area contributed by atoms with Gasteiger partial charge < -0.3 is 0 Å². The molecule has 1 heterocycles. The molecule has 0 spiro atoms. The maximum Gasteiger partial charge on any atom is 0.0766 e. The van der Waals surface area contributed by atoms with Crippen molar-refractivity contribution in [3.8, 4) is 0 Å². The van der Waals surface area contributed by atoms with Crippen LogP contribution in [-0.2, 0) is 0 Å². The number of nitrogens with one attached hydrogen (secondary N) is 1. The second-order valence-electron chi connectivity index (χ2n) is 2.88. The zero-order valence-electron chi connectivity index (χ0n) is 7.65. The van der Waals surface area contributed by atoms with Gasteiger partial charge in [0.05, 0.1) is 17.9 Å². The lowest BCUT2D eigenvalue weighted by atomic mass is 10.3. The van der Waals surface area contributed by atoms with Crippen molar-refractivity contribution in [2.75, 3.05) is 14.1 Å². The SMILES string of the molecule is CC(NN(C)C)c1cnccn1. The lowest BCUT2D eigenvalue weighted by Gasteiger charge is -2.17. The maximum absolute atomic E-state index is 4.18. The zero-order valence-corrected chi connectivity index (χ0v) is 7.65. The summed E-state index contributed by atoms with van der Waals surface area (Å²) in [6.07, 6.45) is 5.14. The van der Waals surface area contributed by atoms with Crippen LogP contribution in [0.4, 0.5) is 0 Å². The summed E-state index contributed by atoms with van der Waals surface area (Å²) in [6, 6.07) is 0.203. The van der Waals surface area contributed by atoms with Crippen LogP contribution in [0.5, 0.6) is 0 Å². The van der Waals surface area contributed by atoms with Gasteiger partial charge in [-0.25, -0.2) is 10.4 Å². The van der Waals surface area contributed by atoms with E-state index in [9.17, 15) is 0 Å². The largest absolute Gasteiger partial charge is 0.261 e. The first kappa shape index (κ1) is 9.09. The van der Waals surface area contributed by atoms with Crippen LogP contribution < -0.4 is 5.43 Å². The number of hydrogen-bond acceptors (Lipinski definition) is 4. The minimum absolute atomic E-state index is 0.203. The van der Waals surface area contributed by atoms with E-state index in [1.165, 1.54) is 0 Å². The van der Waals surface area contributed by atoms with Crippen LogP contribution >= 0.6 is 0 Å². The van der Waals surface area contributed by atoms with Crippen molar-refractivity contribution in [2.45, 2.75) is 13.0 Å². The van der Waals surface area contributed by atoms with E-state index in [-0.39, 0.29) is 6.04 Å². The molecule has 12 heavy (non-hydrogen) atoms. The molecule has 0 amide bonds. The van der Waals surface area contributed by atoms with E-state index in [4.69, 9.17) is 0 Å². The Balaban J connectivity index is 2.59. The van der Waals surface area contributed by atoms with Gasteiger partial charge in [-0.1, -0.05) is 0 Å². The summed E-state index contributed by atoms with van der Waals surface area (Å²) in [5.74, 6) is 0. The van der Waals surface area contributed by atoms with Crippen LogP contribution in [0.2, 0.25) is 0 Å². The first-order valence-electron chi connectivity index (χ1n) is 3.89. The summed E-state index contributed by atoms with van der Waals surface area (Å²) >= 11 is 0. The molecule has 0 saturated carbocycles. The first-order chi connectivity index (χ1) is 5.70. The van der Waals surface area contributed by atoms with Crippen molar-refractivity contribution in [1.29, 1.82) is 0 Å². The molecule has 66 valence electrons. The van der Waals surface area contributed by atoms with Gasteiger partial charge in [-0.2, -0.15) is 0 Å². The Morgan fingerprint density at radius 1 is 1.42 bits per heavy atom. The molecular formula is C8H14N4. The van der Waals surface area contributed by atoms with Crippen molar-refractivity contribution in [3.63, 3.8) is 0 Å². The molecule has 0 aromatic carbocycles. The molecule has 1 atom stereocenters. The van der Waals surface area contributed by atoms with E-state index >= 15 is 0 Å². The van der Waals surface area contributed by atoms with Crippen LogP contribution in [0.25, 0.3) is 0 Å². The third-order valence-electron chi connectivity index (χ3n) is 1.48. The molecule has 0 fully saturated rings. The van der Waals surface area contributed by atoms with Crippen LogP contribution in [0.3, 0.4) is 0 Å². The van der Waals surface area contributed by atoms with Crippen LogP contribution in [0.1, 0.15) is 18.7 Å². The second-order valence-corrected chi connectivity index (χ2v) is 2.88. The van der Waals surface area contributed by atoms with Crippen molar-refractivity contribution < 1.29 is 0 Å². The molecule has 1 aromatic rings. The standard InChI is InChI=1S/C8H14N4/c1-7(11-12(2)3)8-6-9-4-5-10-8/h4-7,11H,1-3H3. The van der Waals surface area contributed by atoms with Crippen molar-refractivity contribution in [3.05, 3.63) is 24.3 Å². The number of rotatable bonds is 3. The summed E-state index contributed by atoms with van der Waals surface area (Å²) < 4.78 is 0. The topological polar surface area (TPSA) is 41.0 Å². The predicted octanol–water partition coefficient (Wildman–Crippen LogP) is 0.604. The molecule has 4 heteroatoms. The van der Waals surface area contributed by atoms with Gasteiger partial charge in [0.25, 0.3) is 0 Å². The molecule has 0 radical (unpaired) electrons. The van der Waals surface area contributed by atoms with Gasteiger partial charge in [-0.05, 0) is 6.92 Å². The van der Waals surface area contributed by atoms with Gasteiger partial charge >= 0.3 is 0 Å².